The van der Waals surface area contributed by atoms with Gasteiger partial charge in [-0.3, -0.25) is 0 Å². The lowest BCUT2D eigenvalue weighted by Gasteiger charge is -2.12. The first-order valence-electron chi connectivity index (χ1n) is 7.06. The lowest BCUT2D eigenvalue weighted by molar-refractivity contribution is 0.292. The summed E-state index contributed by atoms with van der Waals surface area (Å²) in [5.74, 6) is 1.73. The Morgan fingerprint density at radius 3 is 2.76 bits per heavy atom. The highest BCUT2D eigenvalue weighted by Crippen LogP contribution is 2.33. The number of fused-ring (bicyclic) bond motifs is 1. The summed E-state index contributed by atoms with van der Waals surface area (Å²) in [5, 5.41) is 0.727. The molecule has 3 rings (SSSR count). The summed E-state index contributed by atoms with van der Waals surface area (Å²) in [4.78, 5) is 0. The molecule has 2 N–H and O–H groups in total. The van der Waals surface area contributed by atoms with Crippen molar-refractivity contribution in [3.05, 3.63) is 58.1 Å². The lowest BCUT2D eigenvalue weighted by atomic mass is 10.1. The van der Waals surface area contributed by atoms with E-state index in [1.54, 1.807) is 0 Å². The molecule has 1 aliphatic rings. The van der Waals surface area contributed by atoms with Crippen molar-refractivity contribution in [2.45, 2.75) is 26.0 Å². The zero-order chi connectivity index (χ0) is 14.8. The highest BCUT2D eigenvalue weighted by Gasteiger charge is 2.17. The molecule has 0 aromatic heterocycles. The third-order valence-corrected chi connectivity index (χ3v) is 3.84. The van der Waals surface area contributed by atoms with E-state index >= 15 is 0 Å². The fourth-order valence-electron chi connectivity index (χ4n) is 2.48. The number of nitrogens with two attached hydrogens (primary N) is 1. The number of halogens is 1. The monoisotopic (exact) mass is 303 g/mol. The molecular weight excluding hydrogens is 286 g/mol. The predicted molar refractivity (Wildman–Crippen MR) is 84.0 cm³/mol. The van der Waals surface area contributed by atoms with Crippen molar-refractivity contribution in [3.63, 3.8) is 0 Å². The van der Waals surface area contributed by atoms with E-state index in [2.05, 4.69) is 0 Å². The molecule has 1 aliphatic heterocycles. The van der Waals surface area contributed by atoms with Crippen LogP contribution in [0.1, 0.15) is 29.7 Å². The van der Waals surface area contributed by atoms with Gasteiger partial charge in [0.1, 0.15) is 18.1 Å². The van der Waals surface area contributed by atoms with Crippen LogP contribution in [-0.2, 0) is 13.0 Å². The number of rotatable bonds is 4. The summed E-state index contributed by atoms with van der Waals surface area (Å²) in [6.45, 7) is 3.12. The van der Waals surface area contributed by atoms with Gasteiger partial charge >= 0.3 is 0 Å². The molecule has 2 aromatic carbocycles. The maximum absolute atomic E-state index is 6.14. The number of hydrogen-bond donors (Lipinski definition) is 1. The van der Waals surface area contributed by atoms with Crippen molar-refractivity contribution < 1.29 is 9.47 Å². The summed E-state index contributed by atoms with van der Waals surface area (Å²) in [6.07, 6.45) is 0.909. The first-order chi connectivity index (χ1) is 10.1. The average molecular weight is 304 g/mol. The molecule has 0 bridgehead atoms. The van der Waals surface area contributed by atoms with Crippen LogP contribution in [0.15, 0.2) is 36.4 Å². The van der Waals surface area contributed by atoms with Crippen LogP contribution in [0.3, 0.4) is 0 Å². The maximum atomic E-state index is 6.14. The lowest BCUT2D eigenvalue weighted by Crippen LogP contribution is -2.04. The van der Waals surface area contributed by atoms with Crippen molar-refractivity contribution in [1.82, 2.24) is 0 Å². The van der Waals surface area contributed by atoms with Gasteiger partial charge in [0, 0.05) is 23.0 Å². The molecule has 0 saturated carbocycles. The van der Waals surface area contributed by atoms with Crippen molar-refractivity contribution in [2.75, 3.05) is 6.61 Å². The van der Waals surface area contributed by atoms with Crippen LogP contribution in [0.2, 0.25) is 5.02 Å². The third kappa shape index (κ3) is 3.14. The maximum Gasteiger partial charge on any atom is 0.129 e. The zero-order valence-corrected chi connectivity index (χ0v) is 12.7. The van der Waals surface area contributed by atoms with E-state index in [0.717, 1.165) is 39.6 Å². The topological polar surface area (TPSA) is 44.5 Å². The van der Waals surface area contributed by atoms with E-state index in [0.29, 0.717) is 13.2 Å². The minimum absolute atomic E-state index is 0.0312. The van der Waals surface area contributed by atoms with Gasteiger partial charge in [0.05, 0.1) is 6.61 Å². The van der Waals surface area contributed by atoms with Gasteiger partial charge in [0.25, 0.3) is 0 Å². The molecular formula is C17H18ClNO2. The summed E-state index contributed by atoms with van der Waals surface area (Å²) in [5.41, 5.74) is 9.08. The first kappa shape index (κ1) is 14.2. The summed E-state index contributed by atoms with van der Waals surface area (Å²) < 4.78 is 11.5. The molecule has 0 aliphatic carbocycles. The van der Waals surface area contributed by atoms with Gasteiger partial charge in [-0.05, 0) is 42.3 Å². The van der Waals surface area contributed by atoms with Gasteiger partial charge in [0.2, 0.25) is 0 Å². The Bertz CT molecular complexity index is 638. The summed E-state index contributed by atoms with van der Waals surface area (Å²) >= 11 is 6.14. The highest BCUT2D eigenvalue weighted by molar-refractivity contribution is 6.30. The predicted octanol–water partition coefficient (Wildman–Crippen LogP) is 3.87. The average Bonchev–Trinajstić information content (AvgIpc) is 2.93. The Kier molecular flexibility index (Phi) is 4.04. The van der Waals surface area contributed by atoms with E-state index < -0.39 is 0 Å². The van der Waals surface area contributed by atoms with Gasteiger partial charge < -0.3 is 15.2 Å². The molecule has 0 fully saturated rings. The van der Waals surface area contributed by atoms with Gasteiger partial charge in [-0.2, -0.15) is 0 Å². The van der Waals surface area contributed by atoms with Crippen molar-refractivity contribution in [3.8, 4) is 11.5 Å². The van der Waals surface area contributed by atoms with Gasteiger partial charge in [-0.1, -0.05) is 23.7 Å². The van der Waals surface area contributed by atoms with Crippen LogP contribution in [0, 0.1) is 0 Å². The fraction of sp³-hybridized carbons (Fsp3) is 0.294. The Hall–Kier alpha value is -1.71. The largest absolute Gasteiger partial charge is 0.493 e. The molecule has 4 heteroatoms. The molecule has 0 radical (unpaired) electrons. The molecule has 1 unspecified atom stereocenters. The van der Waals surface area contributed by atoms with Gasteiger partial charge in [0.15, 0.2) is 0 Å². The summed E-state index contributed by atoms with van der Waals surface area (Å²) in [7, 11) is 0. The van der Waals surface area contributed by atoms with Crippen LogP contribution in [-0.4, -0.2) is 6.61 Å². The normalized spacial score (nSPS) is 14.4. The Morgan fingerprint density at radius 1 is 1.29 bits per heavy atom. The number of hydrogen-bond acceptors (Lipinski definition) is 3. The van der Waals surface area contributed by atoms with Gasteiger partial charge in [-0.15, -0.1) is 0 Å². The zero-order valence-electron chi connectivity index (χ0n) is 11.9. The van der Waals surface area contributed by atoms with Crippen LogP contribution in [0.25, 0.3) is 0 Å². The Labute approximate surface area is 129 Å². The molecule has 21 heavy (non-hydrogen) atoms. The molecule has 110 valence electrons. The third-order valence-electron chi connectivity index (χ3n) is 3.63. The van der Waals surface area contributed by atoms with E-state index in [-0.39, 0.29) is 6.04 Å². The minimum atomic E-state index is 0.0312. The number of benzene rings is 2. The van der Waals surface area contributed by atoms with Crippen molar-refractivity contribution in [1.29, 1.82) is 0 Å². The second-order valence-electron chi connectivity index (χ2n) is 5.30. The molecule has 0 amide bonds. The second-order valence-corrected chi connectivity index (χ2v) is 5.73. The molecule has 0 saturated heterocycles. The van der Waals surface area contributed by atoms with Crippen molar-refractivity contribution in [2.24, 2.45) is 5.73 Å². The van der Waals surface area contributed by atoms with Crippen LogP contribution in [0.4, 0.5) is 0 Å². The molecule has 0 spiro atoms. The second kappa shape index (κ2) is 5.96. The molecule has 1 atom stereocenters. The highest BCUT2D eigenvalue weighted by atomic mass is 35.5. The van der Waals surface area contributed by atoms with E-state index in [4.69, 9.17) is 26.8 Å². The molecule has 1 heterocycles. The molecule has 3 nitrogen and oxygen atoms in total. The number of ether oxygens (including phenoxy) is 2. The van der Waals surface area contributed by atoms with Crippen LogP contribution >= 0.6 is 11.6 Å². The van der Waals surface area contributed by atoms with Crippen molar-refractivity contribution >= 4 is 11.6 Å². The Morgan fingerprint density at radius 2 is 2.05 bits per heavy atom. The fourth-order valence-corrected chi connectivity index (χ4v) is 2.75. The van der Waals surface area contributed by atoms with Gasteiger partial charge in [-0.25, -0.2) is 0 Å². The van der Waals surface area contributed by atoms with E-state index in [9.17, 15) is 0 Å². The molecule has 2 aromatic rings. The quantitative estimate of drug-likeness (QED) is 0.932. The Balaban J connectivity index is 1.73. The minimum Gasteiger partial charge on any atom is -0.493 e. The standard InChI is InChI=1S/C17H18ClNO2/c1-11(19)12-2-4-16(5-3-12)21-10-14-9-15(18)8-13-6-7-20-17(13)14/h2-5,8-9,11H,6-7,10,19H2,1H3. The van der Waals surface area contributed by atoms with E-state index in [1.165, 1.54) is 0 Å². The van der Waals surface area contributed by atoms with Crippen LogP contribution in [0.5, 0.6) is 11.5 Å². The summed E-state index contributed by atoms with van der Waals surface area (Å²) in [6, 6.07) is 11.7. The van der Waals surface area contributed by atoms with E-state index in [1.807, 2.05) is 43.3 Å². The first-order valence-corrected chi connectivity index (χ1v) is 7.44. The smallest absolute Gasteiger partial charge is 0.129 e. The van der Waals surface area contributed by atoms with Crippen LogP contribution < -0.4 is 15.2 Å². The SMILES string of the molecule is CC(N)c1ccc(OCc2cc(Cl)cc3c2OCC3)cc1.